The van der Waals surface area contributed by atoms with E-state index in [4.69, 9.17) is 4.74 Å². The van der Waals surface area contributed by atoms with Crippen LogP contribution in [0.2, 0.25) is 0 Å². The third-order valence-electron chi connectivity index (χ3n) is 3.04. The van der Waals surface area contributed by atoms with Crippen LogP contribution in [0.1, 0.15) is 27.2 Å². The second-order valence-corrected chi connectivity index (χ2v) is 5.02. The number of nitrogens with one attached hydrogen (secondary N) is 1. The van der Waals surface area contributed by atoms with Gasteiger partial charge in [0.15, 0.2) is 0 Å². The van der Waals surface area contributed by atoms with E-state index in [0.29, 0.717) is 12.1 Å². The molecule has 0 bridgehead atoms. The van der Waals surface area contributed by atoms with Gasteiger partial charge in [0.1, 0.15) is 0 Å². The zero-order valence-electron chi connectivity index (χ0n) is 10.6. The largest absolute Gasteiger partial charge is 0.374 e. The van der Waals surface area contributed by atoms with Gasteiger partial charge in [0.2, 0.25) is 0 Å². The van der Waals surface area contributed by atoms with E-state index in [1.165, 1.54) is 6.42 Å². The van der Waals surface area contributed by atoms with Gasteiger partial charge >= 0.3 is 0 Å². The molecule has 0 saturated carbocycles. The standard InChI is InChI=1S/C12H26N2O/c1-10(2)7-11(3)14-5-6-15-12(9-14)8-13-4/h10-13H,5-9H2,1-4H3. The van der Waals surface area contributed by atoms with Gasteiger partial charge in [-0.15, -0.1) is 0 Å². The lowest BCUT2D eigenvalue weighted by atomic mass is 10.0. The van der Waals surface area contributed by atoms with Crippen molar-refractivity contribution >= 4 is 0 Å². The summed E-state index contributed by atoms with van der Waals surface area (Å²) < 4.78 is 5.70. The Balaban J connectivity index is 2.34. The Morgan fingerprint density at radius 2 is 2.13 bits per heavy atom. The summed E-state index contributed by atoms with van der Waals surface area (Å²) in [5, 5.41) is 3.19. The molecule has 2 atom stereocenters. The van der Waals surface area contributed by atoms with Gasteiger partial charge < -0.3 is 10.1 Å². The first kappa shape index (κ1) is 12.9. The summed E-state index contributed by atoms with van der Waals surface area (Å²) in [6.07, 6.45) is 1.66. The smallest absolute Gasteiger partial charge is 0.0826 e. The predicted molar refractivity (Wildman–Crippen MR) is 64.2 cm³/mol. The number of morpholine rings is 1. The lowest BCUT2D eigenvalue weighted by Crippen LogP contribution is -2.49. The Hall–Kier alpha value is -0.120. The van der Waals surface area contributed by atoms with Crippen LogP contribution in [0.4, 0.5) is 0 Å². The van der Waals surface area contributed by atoms with Crippen LogP contribution in [0.5, 0.6) is 0 Å². The normalized spacial score (nSPS) is 25.8. The Morgan fingerprint density at radius 3 is 2.73 bits per heavy atom. The van der Waals surface area contributed by atoms with Crippen LogP contribution < -0.4 is 5.32 Å². The molecular weight excluding hydrogens is 188 g/mol. The molecule has 0 radical (unpaired) electrons. The monoisotopic (exact) mass is 214 g/mol. The fourth-order valence-corrected chi connectivity index (χ4v) is 2.32. The topological polar surface area (TPSA) is 24.5 Å². The molecule has 0 aromatic heterocycles. The fraction of sp³-hybridized carbons (Fsp3) is 1.00. The summed E-state index contributed by atoms with van der Waals surface area (Å²) in [6.45, 7) is 10.9. The SMILES string of the molecule is CNCC1CN(C(C)CC(C)C)CCO1. The van der Waals surface area contributed by atoms with Crippen molar-refractivity contribution in [3.63, 3.8) is 0 Å². The third-order valence-corrected chi connectivity index (χ3v) is 3.04. The molecule has 15 heavy (non-hydrogen) atoms. The Morgan fingerprint density at radius 1 is 1.40 bits per heavy atom. The maximum Gasteiger partial charge on any atom is 0.0826 e. The zero-order chi connectivity index (χ0) is 11.3. The van der Waals surface area contributed by atoms with E-state index in [0.717, 1.165) is 32.2 Å². The Bertz CT molecular complexity index is 171. The van der Waals surface area contributed by atoms with Crippen LogP contribution in [0.15, 0.2) is 0 Å². The first-order valence-electron chi connectivity index (χ1n) is 6.13. The molecule has 1 fully saturated rings. The van der Waals surface area contributed by atoms with Crippen molar-refractivity contribution < 1.29 is 4.74 Å². The quantitative estimate of drug-likeness (QED) is 0.747. The lowest BCUT2D eigenvalue weighted by molar-refractivity contribution is -0.0411. The second kappa shape index (κ2) is 6.46. The van der Waals surface area contributed by atoms with Crippen molar-refractivity contribution in [2.45, 2.75) is 39.3 Å². The van der Waals surface area contributed by atoms with Gasteiger partial charge in [-0.2, -0.15) is 0 Å². The fourth-order valence-electron chi connectivity index (χ4n) is 2.32. The number of hydrogen-bond acceptors (Lipinski definition) is 3. The highest BCUT2D eigenvalue weighted by Gasteiger charge is 2.23. The molecule has 1 aliphatic heterocycles. The van der Waals surface area contributed by atoms with Crippen molar-refractivity contribution in [3.05, 3.63) is 0 Å². The van der Waals surface area contributed by atoms with Gasteiger partial charge in [-0.05, 0) is 26.3 Å². The molecule has 90 valence electrons. The van der Waals surface area contributed by atoms with E-state index in [1.807, 2.05) is 7.05 Å². The van der Waals surface area contributed by atoms with Crippen molar-refractivity contribution in [1.82, 2.24) is 10.2 Å². The van der Waals surface area contributed by atoms with Crippen molar-refractivity contribution in [3.8, 4) is 0 Å². The van der Waals surface area contributed by atoms with Gasteiger partial charge in [-0.25, -0.2) is 0 Å². The summed E-state index contributed by atoms with van der Waals surface area (Å²) in [5.74, 6) is 0.783. The van der Waals surface area contributed by atoms with Gasteiger partial charge in [0, 0.05) is 25.7 Å². The van der Waals surface area contributed by atoms with E-state index in [1.54, 1.807) is 0 Å². The summed E-state index contributed by atoms with van der Waals surface area (Å²) in [5.41, 5.74) is 0. The summed E-state index contributed by atoms with van der Waals surface area (Å²) in [7, 11) is 1.99. The average molecular weight is 214 g/mol. The van der Waals surface area contributed by atoms with E-state index in [2.05, 4.69) is 31.0 Å². The summed E-state index contributed by atoms with van der Waals surface area (Å²) in [6, 6.07) is 0.688. The minimum absolute atomic E-state index is 0.373. The first-order valence-corrected chi connectivity index (χ1v) is 6.13. The molecule has 1 aliphatic rings. The maximum absolute atomic E-state index is 5.70. The molecule has 1 rings (SSSR count). The molecule has 3 nitrogen and oxygen atoms in total. The molecule has 0 aromatic rings. The number of likely N-dealkylation sites (N-methyl/N-ethyl adjacent to an activating group) is 1. The molecule has 1 N–H and O–H groups in total. The van der Waals surface area contributed by atoms with Crippen LogP contribution in [-0.2, 0) is 4.74 Å². The number of rotatable bonds is 5. The highest BCUT2D eigenvalue weighted by atomic mass is 16.5. The third kappa shape index (κ3) is 4.49. The number of hydrogen-bond donors (Lipinski definition) is 1. The lowest BCUT2D eigenvalue weighted by Gasteiger charge is -2.37. The van der Waals surface area contributed by atoms with Crippen molar-refractivity contribution in [2.75, 3.05) is 33.3 Å². The minimum Gasteiger partial charge on any atom is -0.374 e. The molecule has 0 amide bonds. The molecule has 0 aliphatic carbocycles. The van der Waals surface area contributed by atoms with E-state index in [9.17, 15) is 0 Å². The molecule has 0 aromatic carbocycles. The van der Waals surface area contributed by atoms with Gasteiger partial charge in [-0.1, -0.05) is 13.8 Å². The van der Waals surface area contributed by atoms with Crippen molar-refractivity contribution in [1.29, 1.82) is 0 Å². The van der Waals surface area contributed by atoms with E-state index in [-0.39, 0.29) is 0 Å². The van der Waals surface area contributed by atoms with Crippen LogP contribution in [0.25, 0.3) is 0 Å². The van der Waals surface area contributed by atoms with Crippen molar-refractivity contribution in [2.24, 2.45) is 5.92 Å². The molecule has 1 heterocycles. The zero-order valence-corrected chi connectivity index (χ0v) is 10.6. The molecule has 3 heteroatoms. The highest BCUT2D eigenvalue weighted by Crippen LogP contribution is 2.14. The van der Waals surface area contributed by atoms with Crippen LogP contribution in [0.3, 0.4) is 0 Å². The van der Waals surface area contributed by atoms with Gasteiger partial charge in [0.25, 0.3) is 0 Å². The maximum atomic E-state index is 5.70. The van der Waals surface area contributed by atoms with Gasteiger partial charge in [-0.3, -0.25) is 4.90 Å². The van der Waals surface area contributed by atoms with Crippen LogP contribution in [0, 0.1) is 5.92 Å². The van der Waals surface area contributed by atoms with Crippen LogP contribution >= 0.6 is 0 Å². The van der Waals surface area contributed by atoms with Crippen LogP contribution in [-0.4, -0.2) is 50.3 Å². The average Bonchev–Trinajstić information content (AvgIpc) is 2.17. The van der Waals surface area contributed by atoms with Gasteiger partial charge in [0.05, 0.1) is 12.7 Å². The predicted octanol–water partition coefficient (Wildman–Crippen LogP) is 1.34. The summed E-state index contributed by atoms with van der Waals surface area (Å²) >= 11 is 0. The molecule has 2 unspecified atom stereocenters. The number of nitrogens with zero attached hydrogens (tertiary/aromatic N) is 1. The molecule has 1 saturated heterocycles. The second-order valence-electron chi connectivity index (χ2n) is 5.02. The Kier molecular flexibility index (Phi) is 5.58. The molecule has 0 spiro atoms. The minimum atomic E-state index is 0.373. The Labute approximate surface area is 94.2 Å². The number of ether oxygens (including phenoxy) is 1. The van der Waals surface area contributed by atoms with E-state index >= 15 is 0 Å². The molecular formula is C12H26N2O. The van der Waals surface area contributed by atoms with E-state index < -0.39 is 0 Å². The first-order chi connectivity index (χ1) is 7.13. The summed E-state index contributed by atoms with van der Waals surface area (Å²) in [4.78, 5) is 2.56. The highest BCUT2D eigenvalue weighted by molar-refractivity contribution is 4.77.